The van der Waals surface area contributed by atoms with E-state index in [2.05, 4.69) is 10.6 Å². The van der Waals surface area contributed by atoms with Crippen LogP contribution in [0.4, 0.5) is 0 Å². The number of carbonyl (C=O) groups is 1. The summed E-state index contributed by atoms with van der Waals surface area (Å²) in [6, 6.07) is 5.60. The van der Waals surface area contributed by atoms with E-state index in [1.54, 1.807) is 7.11 Å². The topological polar surface area (TPSA) is 53.6 Å². The number of amides is 1. The number of benzene rings is 1. The highest BCUT2D eigenvalue weighted by Crippen LogP contribution is 2.31. The van der Waals surface area contributed by atoms with Crippen molar-refractivity contribution in [1.82, 2.24) is 15.5 Å². The van der Waals surface area contributed by atoms with Crippen molar-refractivity contribution in [1.29, 1.82) is 0 Å². The van der Waals surface area contributed by atoms with Crippen molar-refractivity contribution in [3.63, 3.8) is 0 Å². The van der Waals surface area contributed by atoms with Gasteiger partial charge >= 0.3 is 0 Å². The predicted octanol–water partition coefficient (Wildman–Crippen LogP) is 2.66. The molecule has 0 aromatic heterocycles. The molecule has 1 amide bonds. The fourth-order valence-electron chi connectivity index (χ4n) is 2.99. The van der Waals surface area contributed by atoms with Crippen LogP contribution in [-0.2, 0) is 4.79 Å². The van der Waals surface area contributed by atoms with E-state index in [1.165, 1.54) is 0 Å². The van der Waals surface area contributed by atoms with Gasteiger partial charge in [0, 0.05) is 18.8 Å². The van der Waals surface area contributed by atoms with Gasteiger partial charge in [-0.2, -0.15) is 0 Å². The van der Waals surface area contributed by atoms with Crippen LogP contribution in [0.3, 0.4) is 0 Å². The van der Waals surface area contributed by atoms with Gasteiger partial charge in [-0.3, -0.25) is 4.79 Å². The van der Waals surface area contributed by atoms with Gasteiger partial charge in [0.05, 0.1) is 18.7 Å². The Bertz CT molecular complexity index is 681. The van der Waals surface area contributed by atoms with Crippen LogP contribution in [0.1, 0.15) is 37.9 Å². The number of nitrogens with zero attached hydrogens (tertiary/aromatic N) is 1. The van der Waals surface area contributed by atoms with Gasteiger partial charge in [0.2, 0.25) is 0 Å². The molecular weight excluding hydrogens is 322 g/mol. The molecule has 1 atom stereocenters. The van der Waals surface area contributed by atoms with Gasteiger partial charge in [-0.15, -0.1) is 0 Å². The lowest BCUT2D eigenvalue weighted by molar-refractivity contribution is -0.127. The van der Waals surface area contributed by atoms with E-state index < -0.39 is 0 Å². The van der Waals surface area contributed by atoms with E-state index in [-0.39, 0.29) is 11.9 Å². The third kappa shape index (κ3) is 3.53. The van der Waals surface area contributed by atoms with E-state index in [4.69, 9.17) is 17.0 Å². The van der Waals surface area contributed by atoms with E-state index in [0.717, 1.165) is 22.6 Å². The second kappa shape index (κ2) is 7.66. The Kier molecular flexibility index (Phi) is 5.83. The molecule has 0 bridgehead atoms. The largest absolute Gasteiger partial charge is 0.497 e. The van der Waals surface area contributed by atoms with Gasteiger partial charge in [-0.1, -0.05) is 6.07 Å². The van der Waals surface area contributed by atoms with Gasteiger partial charge in [0.15, 0.2) is 5.11 Å². The molecule has 0 saturated heterocycles. The number of methoxy groups -OCH3 is 1. The monoisotopic (exact) mass is 347 g/mol. The number of nitrogens with one attached hydrogen (secondary N) is 2. The van der Waals surface area contributed by atoms with Crippen LogP contribution in [0, 0.1) is 6.92 Å². The van der Waals surface area contributed by atoms with Crippen LogP contribution in [0.25, 0.3) is 0 Å². The Morgan fingerprint density at radius 1 is 1.29 bits per heavy atom. The Balaban J connectivity index is 2.51. The molecule has 2 N–H and O–H groups in total. The smallest absolute Gasteiger partial charge is 0.253 e. The first-order chi connectivity index (χ1) is 11.4. The van der Waals surface area contributed by atoms with E-state index in [9.17, 15) is 4.79 Å². The molecule has 130 valence electrons. The normalized spacial score (nSPS) is 17.2. The van der Waals surface area contributed by atoms with Gasteiger partial charge in [0.1, 0.15) is 5.75 Å². The zero-order valence-electron chi connectivity index (χ0n) is 14.9. The van der Waals surface area contributed by atoms with Crippen molar-refractivity contribution in [3.8, 4) is 5.75 Å². The molecule has 0 unspecified atom stereocenters. The van der Waals surface area contributed by atoms with Crippen molar-refractivity contribution in [2.75, 3.05) is 20.2 Å². The summed E-state index contributed by atoms with van der Waals surface area (Å²) < 4.78 is 5.28. The lowest BCUT2D eigenvalue weighted by Crippen LogP contribution is -2.47. The standard InChI is InChI=1S/C18H25N3O2S/c1-6-21(7-2)17(22)15-12(4)19-18(24)20-16(15)14-9-8-13(23-5)10-11(14)3/h8-10,16H,6-7H2,1-5H3,(H2,19,20,24)/t16-/m1/s1. The first-order valence-electron chi connectivity index (χ1n) is 8.14. The molecule has 1 aliphatic heterocycles. The lowest BCUT2D eigenvalue weighted by Gasteiger charge is -2.33. The Morgan fingerprint density at radius 3 is 2.50 bits per heavy atom. The summed E-state index contributed by atoms with van der Waals surface area (Å²) in [4.78, 5) is 14.8. The number of hydrogen-bond acceptors (Lipinski definition) is 3. The molecule has 2 rings (SSSR count). The van der Waals surface area contributed by atoms with Crippen LogP contribution < -0.4 is 15.4 Å². The number of likely N-dealkylation sites (N-methyl/N-ethyl adjacent to an activating group) is 1. The van der Waals surface area contributed by atoms with Crippen LogP contribution in [-0.4, -0.2) is 36.1 Å². The van der Waals surface area contributed by atoms with Crippen molar-refractivity contribution < 1.29 is 9.53 Å². The summed E-state index contributed by atoms with van der Waals surface area (Å²) in [5.41, 5.74) is 3.58. The minimum Gasteiger partial charge on any atom is -0.497 e. The molecule has 5 nitrogen and oxygen atoms in total. The van der Waals surface area contributed by atoms with Gasteiger partial charge in [0.25, 0.3) is 5.91 Å². The Morgan fingerprint density at radius 2 is 1.96 bits per heavy atom. The van der Waals surface area contributed by atoms with E-state index in [0.29, 0.717) is 23.8 Å². The summed E-state index contributed by atoms with van der Waals surface area (Å²) in [6.07, 6.45) is 0. The number of allylic oxidation sites excluding steroid dienone is 1. The molecule has 1 aromatic carbocycles. The molecule has 6 heteroatoms. The quantitative estimate of drug-likeness (QED) is 0.802. The Labute approximate surface area is 149 Å². The van der Waals surface area contributed by atoms with Crippen molar-refractivity contribution in [2.24, 2.45) is 0 Å². The Hall–Kier alpha value is -2.08. The minimum absolute atomic E-state index is 0.0280. The van der Waals surface area contributed by atoms with Gasteiger partial charge < -0.3 is 20.3 Å². The second-order valence-corrected chi connectivity index (χ2v) is 6.18. The van der Waals surface area contributed by atoms with Crippen LogP contribution in [0.5, 0.6) is 5.75 Å². The number of aryl methyl sites for hydroxylation is 1. The molecule has 0 radical (unpaired) electrons. The number of ether oxygens (including phenoxy) is 1. The number of rotatable bonds is 5. The zero-order chi connectivity index (χ0) is 17.9. The van der Waals surface area contributed by atoms with Crippen LogP contribution in [0.15, 0.2) is 29.5 Å². The highest BCUT2D eigenvalue weighted by atomic mass is 32.1. The van der Waals surface area contributed by atoms with Crippen molar-refractivity contribution in [2.45, 2.75) is 33.7 Å². The fourth-order valence-corrected chi connectivity index (χ4v) is 3.26. The molecule has 0 spiro atoms. The molecule has 0 aliphatic carbocycles. The molecule has 24 heavy (non-hydrogen) atoms. The molecule has 1 aromatic rings. The molecule has 1 heterocycles. The second-order valence-electron chi connectivity index (χ2n) is 5.77. The summed E-state index contributed by atoms with van der Waals surface area (Å²) in [7, 11) is 1.64. The minimum atomic E-state index is -0.266. The molecule has 0 saturated carbocycles. The summed E-state index contributed by atoms with van der Waals surface area (Å²) in [5.74, 6) is 0.824. The van der Waals surface area contributed by atoms with E-state index in [1.807, 2.05) is 50.8 Å². The average molecular weight is 347 g/mol. The first kappa shape index (κ1) is 18.3. The summed E-state index contributed by atoms with van der Waals surface area (Å²) in [6.45, 7) is 9.23. The van der Waals surface area contributed by atoms with Gasteiger partial charge in [-0.25, -0.2) is 0 Å². The number of hydrogen-bond donors (Lipinski definition) is 2. The maximum absolute atomic E-state index is 13.0. The zero-order valence-corrected chi connectivity index (χ0v) is 15.7. The highest BCUT2D eigenvalue weighted by Gasteiger charge is 2.32. The highest BCUT2D eigenvalue weighted by molar-refractivity contribution is 7.80. The van der Waals surface area contributed by atoms with Crippen LogP contribution in [0.2, 0.25) is 0 Å². The lowest BCUT2D eigenvalue weighted by atomic mass is 9.91. The predicted molar refractivity (Wildman–Crippen MR) is 100.0 cm³/mol. The van der Waals surface area contributed by atoms with Crippen LogP contribution >= 0.6 is 12.2 Å². The maximum atomic E-state index is 13.0. The maximum Gasteiger partial charge on any atom is 0.253 e. The van der Waals surface area contributed by atoms with Gasteiger partial charge in [-0.05, 0) is 63.2 Å². The SMILES string of the molecule is CCN(CC)C(=O)C1=C(C)NC(=S)N[C@@H]1c1ccc(OC)cc1C. The van der Waals surface area contributed by atoms with Crippen molar-refractivity contribution >= 4 is 23.2 Å². The summed E-state index contributed by atoms with van der Waals surface area (Å²) in [5, 5.41) is 6.86. The van der Waals surface area contributed by atoms with Crippen molar-refractivity contribution in [3.05, 3.63) is 40.6 Å². The fraction of sp³-hybridized carbons (Fsp3) is 0.444. The molecular formula is C18H25N3O2S. The third-order valence-corrected chi connectivity index (χ3v) is 4.56. The number of thiocarbonyl (C=S) groups is 1. The molecule has 1 aliphatic rings. The van der Waals surface area contributed by atoms with E-state index >= 15 is 0 Å². The number of carbonyl (C=O) groups excluding carboxylic acids is 1. The average Bonchev–Trinajstić information content (AvgIpc) is 2.54. The summed E-state index contributed by atoms with van der Waals surface area (Å²) >= 11 is 5.31. The molecule has 0 fully saturated rings. The first-order valence-corrected chi connectivity index (χ1v) is 8.55. The third-order valence-electron chi connectivity index (χ3n) is 4.34.